The molecule has 1 rings (SSSR count). The summed E-state index contributed by atoms with van der Waals surface area (Å²) in [5.74, 6) is 0.567. The van der Waals surface area contributed by atoms with Gasteiger partial charge in [-0.2, -0.15) is 12.6 Å². The number of aromatic nitrogens is 1. The van der Waals surface area contributed by atoms with E-state index < -0.39 is 11.7 Å². The van der Waals surface area contributed by atoms with E-state index in [2.05, 4.69) is 22.9 Å². The van der Waals surface area contributed by atoms with Gasteiger partial charge >= 0.3 is 6.09 Å². The molecule has 1 N–H and O–H groups in total. The van der Waals surface area contributed by atoms with E-state index in [1.165, 1.54) is 0 Å². The van der Waals surface area contributed by atoms with Crippen molar-refractivity contribution in [3.8, 4) is 0 Å². The van der Waals surface area contributed by atoms with E-state index in [1.54, 1.807) is 23.0 Å². The Kier molecular flexibility index (Phi) is 5.27. The predicted octanol–water partition coefficient (Wildman–Crippen LogP) is 2.51. The SMILES string of the molecule is CC(C)(C)OC(=O)N[C@@H](CS)Cc1cncs1. The lowest BCUT2D eigenvalue weighted by Crippen LogP contribution is -2.41. The van der Waals surface area contributed by atoms with Gasteiger partial charge in [-0.15, -0.1) is 11.3 Å². The van der Waals surface area contributed by atoms with Gasteiger partial charge in [0, 0.05) is 29.3 Å². The van der Waals surface area contributed by atoms with Crippen LogP contribution in [0.1, 0.15) is 25.6 Å². The number of alkyl carbamates (subject to hydrolysis) is 1. The zero-order valence-electron chi connectivity index (χ0n) is 10.3. The molecular weight excluding hydrogens is 256 g/mol. The van der Waals surface area contributed by atoms with Crippen LogP contribution < -0.4 is 5.32 Å². The molecule has 0 bridgehead atoms. The molecular formula is C11H18N2O2S2. The summed E-state index contributed by atoms with van der Waals surface area (Å²) in [7, 11) is 0. The van der Waals surface area contributed by atoms with Crippen LogP contribution in [-0.4, -0.2) is 28.5 Å². The number of thiol groups is 1. The second-order valence-corrected chi connectivity index (χ2v) is 6.03. The van der Waals surface area contributed by atoms with E-state index in [0.717, 1.165) is 11.3 Å². The number of thiazole rings is 1. The number of carbonyl (C=O) groups is 1. The second-order valence-electron chi connectivity index (χ2n) is 4.70. The van der Waals surface area contributed by atoms with Crippen molar-refractivity contribution in [3.63, 3.8) is 0 Å². The van der Waals surface area contributed by atoms with Crippen molar-refractivity contribution in [2.24, 2.45) is 0 Å². The summed E-state index contributed by atoms with van der Waals surface area (Å²) in [6, 6.07) is -0.0337. The predicted molar refractivity (Wildman–Crippen MR) is 72.8 cm³/mol. The van der Waals surface area contributed by atoms with Gasteiger partial charge < -0.3 is 10.1 Å². The topological polar surface area (TPSA) is 51.2 Å². The minimum Gasteiger partial charge on any atom is -0.444 e. The molecule has 0 aliphatic heterocycles. The highest BCUT2D eigenvalue weighted by Gasteiger charge is 2.19. The fourth-order valence-corrected chi connectivity index (χ4v) is 2.12. The Morgan fingerprint density at radius 3 is 2.82 bits per heavy atom. The molecule has 6 heteroatoms. The van der Waals surface area contributed by atoms with Crippen molar-refractivity contribution in [3.05, 3.63) is 16.6 Å². The van der Waals surface area contributed by atoms with E-state index >= 15 is 0 Å². The monoisotopic (exact) mass is 274 g/mol. The largest absolute Gasteiger partial charge is 0.444 e. The number of carbonyl (C=O) groups excluding carboxylic acids is 1. The maximum atomic E-state index is 11.6. The lowest BCUT2D eigenvalue weighted by molar-refractivity contribution is 0.0510. The Bertz CT molecular complexity index is 347. The van der Waals surface area contributed by atoms with E-state index in [4.69, 9.17) is 4.74 Å². The molecule has 1 aromatic heterocycles. The lowest BCUT2D eigenvalue weighted by Gasteiger charge is -2.22. The molecule has 0 unspecified atom stereocenters. The van der Waals surface area contributed by atoms with Crippen LogP contribution in [0, 0.1) is 0 Å². The molecule has 4 nitrogen and oxygen atoms in total. The van der Waals surface area contributed by atoms with Gasteiger partial charge in [0.1, 0.15) is 5.60 Å². The van der Waals surface area contributed by atoms with Gasteiger partial charge in [-0.3, -0.25) is 4.98 Å². The first-order chi connectivity index (χ1) is 7.90. The number of hydrogen-bond acceptors (Lipinski definition) is 5. The first-order valence-corrected chi connectivity index (χ1v) is 6.89. The summed E-state index contributed by atoms with van der Waals surface area (Å²) in [6.07, 6.45) is 2.13. The van der Waals surface area contributed by atoms with Crippen LogP contribution in [0.5, 0.6) is 0 Å². The fraction of sp³-hybridized carbons (Fsp3) is 0.636. The van der Waals surface area contributed by atoms with Gasteiger partial charge in [-0.05, 0) is 20.8 Å². The molecule has 1 aromatic rings. The van der Waals surface area contributed by atoms with Crippen LogP contribution in [0.25, 0.3) is 0 Å². The number of amides is 1. The summed E-state index contributed by atoms with van der Waals surface area (Å²) >= 11 is 5.80. The molecule has 0 aromatic carbocycles. The van der Waals surface area contributed by atoms with E-state index in [-0.39, 0.29) is 6.04 Å². The number of hydrogen-bond donors (Lipinski definition) is 2. The molecule has 96 valence electrons. The van der Waals surface area contributed by atoms with Crippen molar-refractivity contribution in [1.82, 2.24) is 10.3 Å². The van der Waals surface area contributed by atoms with Crippen molar-refractivity contribution in [2.45, 2.75) is 38.8 Å². The molecule has 0 saturated heterocycles. The number of nitrogens with zero attached hydrogens (tertiary/aromatic N) is 1. The Labute approximate surface area is 111 Å². The van der Waals surface area contributed by atoms with Crippen LogP contribution in [0.15, 0.2) is 11.7 Å². The van der Waals surface area contributed by atoms with Crippen molar-refractivity contribution < 1.29 is 9.53 Å². The third-order valence-electron chi connectivity index (χ3n) is 1.87. The lowest BCUT2D eigenvalue weighted by atomic mass is 10.2. The number of ether oxygens (including phenoxy) is 1. The quantitative estimate of drug-likeness (QED) is 0.830. The third-order valence-corrected chi connectivity index (χ3v) is 3.12. The van der Waals surface area contributed by atoms with Crippen molar-refractivity contribution >= 4 is 30.1 Å². The van der Waals surface area contributed by atoms with Gasteiger partial charge in [-0.25, -0.2) is 4.79 Å². The first kappa shape index (κ1) is 14.3. The highest BCUT2D eigenvalue weighted by Crippen LogP contribution is 2.11. The molecule has 0 aliphatic rings. The Balaban J connectivity index is 2.44. The molecule has 0 spiro atoms. The summed E-state index contributed by atoms with van der Waals surface area (Å²) < 4.78 is 5.19. The minimum absolute atomic E-state index is 0.0337. The van der Waals surface area contributed by atoms with E-state index in [9.17, 15) is 4.79 Å². The van der Waals surface area contributed by atoms with Gasteiger partial charge in [0.15, 0.2) is 0 Å². The average molecular weight is 274 g/mol. The van der Waals surface area contributed by atoms with Crippen LogP contribution in [0.3, 0.4) is 0 Å². The number of nitrogens with one attached hydrogen (secondary N) is 1. The first-order valence-electron chi connectivity index (χ1n) is 5.38. The molecule has 0 fully saturated rings. The Hall–Kier alpha value is -0.750. The maximum absolute atomic E-state index is 11.6. The summed E-state index contributed by atoms with van der Waals surface area (Å²) in [5, 5.41) is 2.80. The Morgan fingerprint density at radius 2 is 2.35 bits per heavy atom. The average Bonchev–Trinajstić information content (AvgIpc) is 2.66. The summed E-state index contributed by atoms with van der Waals surface area (Å²) in [5.41, 5.74) is 1.30. The third kappa shape index (κ3) is 5.93. The zero-order chi connectivity index (χ0) is 12.9. The molecule has 1 heterocycles. The van der Waals surface area contributed by atoms with E-state index in [0.29, 0.717) is 5.75 Å². The highest BCUT2D eigenvalue weighted by atomic mass is 32.1. The van der Waals surface area contributed by atoms with Gasteiger partial charge in [0.05, 0.1) is 5.51 Å². The fourth-order valence-electron chi connectivity index (χ4n) is 1.22. The Morgan fingerprint density at radius 1 is 1.65 bits per heavy atom. The standard InChI is InChI=1S/C11H18N2O2S2/c1-11(2,3)15-10(14)13-8(6-16)4-9-5-12-7-17-9/h5,7-8,16H,4,6H2,1-3H3,(H,13,14)/t8-/m1/s1. The highest BCUT2D eigenvalue weighted by molar-refractivity contribution is 7.80. The molecule has 0 aliphatic carbocycles. The van der Waals surface area contributed by atoms with E-state index in [1.807, 2.05) is 20.8 Å². The van der Waals surface area contributed by atoms with Crippen LogP contribution in [-0.2, 0) is 11.2 Å². The normalized spacial score (nSPS) is 13.2. The zero-order valence-corrected chi connectivity index (χ0v) is 12.0. The molecule has 17 heavy (non-hydrogen) atoms. The van der Waals surface area contributed by atoms with Crippen LogP contribution in [0.2, 0.25) is 0 Å². The smallest absolute Gasteiger partial charge is 0.407 e. The molecule has 1 amide bonds. The van der Waals surface area contributed by atoms with Gasteiger partial charge in [-0.1, -0.05) is 0 Å². The van der Waals surface area contributed by atoms with Crippen LogP contribution >= 0.6 is 24.0 Å². The molecule has 0 saturated carbocycles. The minimum atomic E-state index is -0.476. The summed E-state index contributed by atoms with van der Waals surface area (Å²) in [4.78, 5) is 16.7. The van der Waals surface area contributed by atoms with Gasteiger partial charge in [0.25, 0.3) is 0 Å². The van der Waals surface area contributed by atoms with Crippen LogP contribution in [0.4, 0.5) is 4.79 Å². The maximum Gasteiger partial charge on any atom is 0.407 e. The molecule has 0 radical (unpaired) electrons. The van der Waals surface area contributed by atoms with Gasteiger partial charge in [0.2, 0.25) is 0 Å². The van der Waals surface area contributed by atoms with Crippen molar-refractivity contribution in [2.75, 3.05) is 5.75 Å². The van der Waals surface area contributed by atoms with Crippen molar-refractivity contribution in [1.29, 1.82) is 0 Å². The second kappa shape index (κ2) is 6.26. The number of rotatable bonds is 4. The summed E-state index contributed by atoms with van der Waals surface area (Å²) in [6.45, 7) is 5.52. The molecule has 1 atom stereocenters.